The Hall–Kier alpha value is -4.83. The average molecular weight is 554 g/mol. The van der Waals surface area contributed by atoms with Crippen LogP contribution in [0, 0.1) is 6.42 Å². The third-order valence-corrected chi connectivity index (χ3v) is 7.62. The van der Waals surface area contributed by atoms with Gasteiger partial charge in [0.2, 0.25) is 29.3 Å². The Morgan fingerprint density at radius 1 is 0.927 bits per heavy atom. The van der Waals surface area contributed by atoms with Gasteiger partial charge in [0.25, 0.3) is 0 Å². The molecule has 10 heteroatoms. The Bertz CT molecular complexity index is 1510. The summed E-state index contributed by atoms with van der Waals surface area (Å²) in [7, 11) is 1.53. The molecule has 2 aliphatic carbocycles. The molecule has 10 nitrogen and oxygen atoms in total. The molecule has 0 unspecified atom stereocenters. The van der Waals surface area contributed by atoms with Gasteiger partial charge in [0.1, 0.15) is 23.9 Å². The van der Waals surface area contributed by atoms with Crippen LogP contribution in [0.25, 0.3) is 0 Å². The minimum Gasteiger partial charge on any atom is -0.497 e. The van der Waals surface area contributed by atoms with Crippen LogP contribution in [0.5, 0.6) is 5.75 Å². The molecule has 0 saturated heterocycles. The summed E-state index contributed by atoms with van der Waals surface area (Å²) in [4.78, 5) is 64.2. The maximum Gasteiger partial charge on any atom is 0.244 e. The van der Waals surface area contributed by atoms with Gasteiger partial charge >= 0.3 is 0 Å². The first-order chi connectivity index (χ1) is 19.7. The molecular formula is C31H29N4O6. The van der Waals surface area contributed by atoms with Crippen molar-refractivity contribution in [3.63, 3.8) is 0 Å². The van der Waals surface area contributed by atoms with Gasteiger partial charge in [0.15, 0.2) is 5.41 Å². The van der Waals surface area contributed by atoms with Gasteiger partial charge in [-0.2, -0.15) is 0 Å². The van der Waals surface area contributed by atoms with E-state index in [0.717, 1.165) is 11.1 Å². The minimum atomic E-state index is -1.60. The molecule has 3 amide bonds. The highest BCUT2D eigenvalue weighted by Crippen LogP contribution is 2.55. The number of ether oxygens (including phenoxy) is 1. The lowest BCUT2D eigenvalue weighted by Gasteiger charge is -2.37. The molecule has 41 heavy (non-hydrogen) atoms. The summed E-state index contributed by atoms with van der Waals surface area (Å²) in [5.74, 6) is -3.04. The second-order valence-corrected chi connectivity index (χ2v) is 10.1. The molecule has 1 radical (unpaired) electrons. The standard InChI is InChI=1S/C31H29N4O6/c1-41-22-13-11-19(12-14-22)15-24(34-26(37)16-25(32)36)29(40)35-30(33-18-20-7-3-2-4-8-20)17-21-9-5-6-10-23(21)31(30)27(38)28(31)39/h2-14,16,24,33H,15,17-18H2,1H3,(H2,32,36)(H,34,37)(H,35,40)/t24-,30-/m0/s1. The van der Waals surface area contributed by atoms with Crippen molar-refractivity contribution in [3.05, 3.63) is 108 Å². The van der Waals surface area contributed by atoms with Gasteiger partial charge in [0, 0.05) is 19.4 Å². The van der Waals surface area contributed by atoms with E-state index in [2.05, 4.69) is 16.0 Å². The first-order valence-corrected chi connectivity index (χ1v) is 13.1. The number of benzene rings is 3. The smallest absolute Gasteiger partial charge is 0.244 e. The Morgan fingerprint density at radius 2 is 1.59 bits per heavy atom. The van der Waals surface area contributed by atoms with E-state index < -0.39 is 46.4 Å². The van der Waals surface area contributed by atoms with Crippen LogP contribution in [0.3, 0.4) is 0 Å². The second-order valence-electron chi connectivity index (χ2n) is 10.1. The van der Waals surface area contributed by atoms with Gasteiger partial charge in [-0.3, -0.25) is 29.3 Å². The number of carbonyl (C=O) groups is 5. The molecule has 3 aromatic carbocycles. The van der Waals surface area contributed by atoms with Crippen molar-refractivity contribution in [1.29, 1.82) is 0 Å². The van der Waals surface area contributed by atoms with Gasteiger partial charge in [-0.25, -0.2) is 0 Å². The summed E-state index contributed by atoms with van der Waals surface area (Å²) < 4.78 is 5.20. The van der Waals surface area contributed by atoms with Gasteiger partial charge in [-0.1, -0.05) is 66.7 Å². The molecule has 1 spiro atoms. The van der Waals surface area contributed by atoms with Crippen molar-refractivity contribution >= 4 is 29.3 Å². The zero-order chi connectivity index (χ0) is 29.2. The predicted molar refractivity (Wildman–Crippen MR) is 148 cm³/mol. The van der Waals surface area contributed by atoms with Crippen molar-refractivity contribution in [2.45, 2.75) is 36.5 Å². The lowest BCUT2D eigenvalue weighted by atomic mass is 9.87. The molecule has 3 aromatic rings. The van der Waals surface area contributed by atoms with Gasteiger partial charge in [-0.05, 0) is 34.4 Å². The molecule has 0 aliphatic heterocycles. The number of hydrogen-bond acceptors (Lipinski definition) is 7. The van der Waals surface area contributed by atoms with Crippen molar-refractivity contribution < 1.29 is 28.7 Å². The maximum atomic E-state index is 14.0. The average Bonchev–Trinajstić information content (AvgIpc) is 3.38. The number of carbonyl (C=O) groups excluding carboxylic acids is 5. The zero-order valence-corrected chi connectivity index (χ0v) is 22.3. The fourth-order valence-corrected chi connectivity index (χ4v) is 5.63. The maximum absolute atomic E-state index is 14.0. The van der Waals surface area contributed by atoms with Gasteiger partial charge in [0.05, 0.1) is 7.11 Å². The highest BCUT2D eigenvalue weighted by molar-refractivity contribution is 6.67. The molecule has 0 aromatic heterocycles. The molecule has 1 saturated carbocycles. The SMILES string of the molecule is COc1ccc(C[C@H](NC(=O)[CH]C(N)=O)C(=O)N[C@@]2(NCc3ccccc3)Cc3ccccc3C23C(=O)C3=O)cc1. The van der Waals surface area contributed by atoms with Crippen LogP contribution in [-0.2, 0) is 48.8 Å². The highest BCUT2D eigenvalue weighted by Gasteiger charge is 2.80. The Labute approximate surface area is 236 Å². The van der Waals surface area contributed by atoms with Crippen LogP contribution in [0.1, 0.15) is 22.3 Å². The number of hydrogen-bond donors (Lipinski definition) is 4. The zero-order valence-electron chi connectivity index (χ0n) is 22.3. The van der Waals surface area contributed by atoms with Crippen LogP contribution >= 0.6 is 0 Å². The lowest BCUT2D eigenvalue weighted by molar-refractivity contribution is -0.131. The largest absolute Gasteiger partial charge is 0.497 e. The third kappa shape index (κ3) is 5.09. The number of methoxy groups -OCH3 is 1. The number of rotatable bonds is 11. The van der Waals surface area contributed by atoms with Crippen LogP contribution in [0.4, 0.5) is 0 Å². The molecule has 2 atom stereocenters. The molecule has 209 valence electrons. The normalized spacial score (nSPS) is 18.9. The number of nitrogens with one attached hydrogen (secondary N) is 3. The van der Waals surface area contributed by atoms with Crippen LogP contribution in [0.2, 0.25) is 0 Å². The first kappa shape index (κ1) is 27.7. The minimum absolute atomic E-state index is 0.0464. The summed E-state index contributed by atoms with van der Waals surface area (Å²) in [6.45, 7) is 0.252. The van der Waals surface area contributed by atoms with Crippen molar-refractivity contribution in [1.82, 2.24) is 16.0 Å². The molecular weight excluding hydrogens is 524 g/mol. The molecule has 2 aliphatic rings. The summed E-state index contributed by atoms with van der Waals surface area (Å²) in [5.41, 5.74) is 4.94. The third-order valence-electron chi connectivity index (χ3n) is 7.62. The van der Waals surface area contributed by atoms with E-state index in [9.17, 15) is 24.0 Å². The van der Waals surface area contributed by atoms with Crippen LogP contribution < -0.4 is 26.4 Å². The van der Waals surface area contributed by atoms with Gasteiger partial charge < -0.3 is 21.1 Å². The number of Topliss-reactive ketones (excluding diaryl/α,β-unsaturated/α-hetero) is 2. The van der Waals surface area contributed by atoms with E-state index in [-0.39, 0.29) is 19.4 Å². The summed E-state index contributed by atoms with van der Waals surface area (Å²) >= 11 is 0. The van der Waals surface area contributed by atoms with Crippen molar-refractivity contribution in [2.24, 2.45) is 5.73 Å². The number of ketones is 2. The first-order valence-electron chi connectivity index (χ1n) is 13.1. The van der Waals surface area contributed by atoms with Crippen LogP contribution in [-0.4, -0.2) is 48.1 Å². The Morgan fingerprint density at radius 3 is 2.22 bits per heavy atom. The number of nitrogens with two attached hydrogens (primary N) is 1. The van der Waals surface area contributed by atoms with Crippen LogP contribution in [0.15, 0.2) is 78.9 Å². The van der Waals surface area contributed by atoms with Crippen molar-refractivity contribution in [2.75, 3.05) is 7.11 Å². The van der Waals surface area contributed by atoms with E-state index in [0.29, 0.717) is 23.3 Å². The number of amides is 3. The Kier molecular flexibility index (Phi) is 7.42. The fraction of sp³-hybridized carbons (Fsp3) is 0.226. The van der Waals surface area contributed by atoms with E-state index in [1.807, 2.05) is 42.5 Å². The predicted octanol–water partition coefficient (Wildman–Crippen LogP) is 0.660. The monoisotopic (exact) mass is 553 g/mol. The van der Waals surface area contributed by atoms with Crippen molar-refractivity contribution in [3.8, 4) is 5.75 Å². The van der Waals surface area contributed by atoms with E-state index in [1.54, 1.807) is 36.4 Å². The van der Waals surface area contributed by atoms with E-state index in [1.165, 1.54) is 7.11 Å². The number of primary amides is 1. The molecule has 5 N–H and O–H groups in total. The summed E-state index contributed by atoms with van der Waals surface area (Å²) in [6, 6.07) is 22.2. The lowest BCUT2D eigenvalue weighted by Crippen LogP contribution is -2.68. The summed E-state index contributed by atoms with van der Waals surface area (Å²) in [6.07, 6.45) is 0.860. The summed E-state index contributed by atoms with van der Waals surface area (Å²) in [5, 5.41) is 8.85. The van der Waals surface area contributed by atoms with E-state index in [4.69, 9.17) is 10.5 Å². The molecule has 0 heterocycles. The quantitative estimate of drug-likeness (QED) is 0.154. The molecule has 1 fully saturated rings. The topological polar surface area (TPSA) is 157 Å². The second kappa shape index (κ2) is 11.0. The number of fused-ring (bicyclic) bond motifs is 2. The molecule has 0 bridgehead atoms. The van der Waals surface area contributed by atoms with Gasteiger partial charge in [-0.15, -0.1) is 0 Å². The molecule has 5 rings (SSSR count). The van der Waals surface area contributed by atoms with E-state index >= 15 is 0 Å². The fourth-order valence-electron chi connectivity index (χ4n) is 5.63. The Balaban J connectivity index is 1.50. The highest BCUT2D eigenvalue weighted by atomic mass is 16.5.